The van der Waals surface area contributed by atoms with E-state index < -0.39 is 0 Å². The first-order valence-electron chi connectivity index (χ1n) is 11.4. The molecule has 2 aromatic carbocycles. The molecule has 6 heteroatoms. The summed E-state index contributed by atoms with van der Waals surface area (Å²) in [5.74, 6) is -0.606. The van der Waals surface area contributed by atoms with Crippen molar-refractivity contribution >= 4 is 57.0 Å². The highest BCUT2D eigenvalue weighted by Gasteiger charge is 2.38. The summed E-state index contributed by atoms with van der Waals surface area (Å²) in [5.41, 5.74) is 3.39. The highest BCUT2D eigenvalue weighted by Crippen LogP contribution is 2.31. The highest BCUT2D eigenvalue weighted by molar-refractivity contribution is 7.80. The van der Waals surface area contributed by atoms with Gasteiger partial charge in [0.25, 0.3) is 11.8 Å². The zero-order valence-corrected chi connectivity index (χ0v) is 19.7. The lowest BCUT2D eigenvalue weighted by Crippen LogP contribution is -2.56. The van der Waals surface area contributed by atoms with E-state index in [0.29, 0.717) is 18.2 Å². The van der Waals surface area contributed by atoms with Gasteiger partial charge in [-0.25, -0.2) is 0 Å². The molecule has 0 bridgehead atoms. The number of thiocarbonyl (C=S) groups is 1. The number of amides is 2. The smallest absolute Gasteiger partial charge is 0.265 e. The predicted octanol–water partition coefficient (Wildman–Crippen LogP) is 5.36. The van der Waals surface area contributed by atoms with Gasteiger partial charge in [-0.15, -0.1) is 0 Å². The Hall–Kier alpha value is -2.99. The Kier molecular flexibility index (Phi) is 6.42. The number of hydrogen-bond acceptors (Lipinski definition) is 3. The van der Waals surface area contributed by atoms with E-state index in [0.717, 1.165) is 42.3 Å². The summed E-state index contributed by atoms with van der Waals surface area (Å²) < 4.78 is 2.34. The van der Waals surface area contributed by atoms with Crippen LogP contribution in [0.5, 0.6) is 0 Å². The predicted molar refractivity (Wildman–Crippen MR) is 134 cm³/mol. The normalized spacial score (nSPS) is 14.8. The average molecular weight is 448 g/mol. The molecule has 0 aliphatic carbocycles. The fourth-order valence-electron chi connectivity index (χ4n) is 4.46. The van der Waals surface area contributed by atoms with Crippen molar-refractivity contribution in [3.63, 3.8) is 0 Å². The lowest BCUT2D eigenvalue weighted by Gasteiger charge is -2.36. The zero-order chi connectivity index (χ0) is 22.8. The van der Waals surface area contributed by atoms with Crippen molar-refractivity contribution in [1.82, 2.24) is 14.4 Å². The van der Waals surface area contributed by atoms with Gasteiger partial charge >= 0.3 is 0 Å². The number of rotatable bonds is 7. The molecular weight excluding hydrogens is 418 g/mol. The Bertz CT molecular complexity index is 1210. The number of aromatic nitrogens is 1. The third-order valence-electron chi connectivity index (χ3n) is 5.86. The van der Waals surface area contributed by atoms with E-state index in [9.17, 15) is 9.59 Å². The second kappa shape index (κ2) is 9.25. The topological polar surface area (TPSA) is 45.6 Å². The minimum atomic E-state index is -0.303. The van der Waals surface area contributed by atoms with Gasteiger partial charge in [0.15, 0.2) is 5.11 Å². The summed E-state index contributed by atoms with van der Waals surface area (Å²) in [7, 11) is 0. The molecule has 0 N–H and O–H groups in total. The number of hydrogen-bond donors (Lipinski definition) is 0. The number of fused-ring (bicyclic) bond motifs is 3. The maximum atomic E-state index is 13.2. The van der Waals surface area contributed by atoms with Gasteiger partial charge in [-0.3, -0.25) is 19.4 Å². The lowest BCUT2D eigenvalue weighted by molar-refractivity contribution is -0.133. The summed E-state index contributed by atoms with van der Waals surface area (Å²) in [6.07, 6.45) is 4.32. The van der Waals surface area contributed by atoms with Crippen LogP contribution in [0.4, 0.5) is 0 Å². The Morgan fingerprint density at radius 1 is 0.781 bits per heavy atom. The van der Waals surface area contributed by atoms with Crippen LogP contribution >= 0.6 is 12.2 Å². The molecule has 3 aromatic rings. The van der Waals surface area contributed by atoms with E-state index >= 15 is 0 Å². The number of carbonyl (C=O) groups excluding carboxylic acids is 2. The quantitative estimate of drug-likeness (QED) is 0.278. The number of carbonyl (C=O) groups is 2. The van der Waals surface area contributed by atoms with Crippen LogP contribution in [0.3, 0.4) is 0 Å². The highest BCUT2D eigenvalue weighted by atomic mass is 32.1. The van der Waals surface area contributed by atoms with Gasteiger partial charge in [-0.05, 0) is 61.3 Å². The molecule has 0 spiro atoms. The van der Waals surface area contributed by atoms with E-state index in [-0.39, 0.29) is 17.4 Å². The third kappa shape index (κ3) is 3.73. The van der Waals surface area contributed by atoms with E-state index in [4.69, 9.17) is 12.2 Å². The van der Waals surface area contributed by atoms with Crippen LogP contribution in [0.1, 0.15) is 45.6 Å². The van der Waals surface area contributed by atoms with Crippen LogP contribution in [0.2, 0.25) is 0 Å². The molecule has 1 fully saturated rings. The zero-order valence-electron chi connectivity index (χ0n) is 18.9. The second-order valence-electron chi connectivity index (χ2n) is 8.20. The molecular formula is C26H29N3O2S. The maximum absolute atomic E-state index is 13.2. The van der Waals surface area contributed by atoms with Gasteiger partial charge in [-0.1, -0.05) is 45.0 Å². The summed E-state index contributed by atoms with van der Waals surface area (Å²) in [5, 5.41) is 2.63. The van der Waals surface area contributed by atoms with Crippen LogP contribution in [-0.2, 0) is 16.1 Å². The van der Waals surface area contributed by atoms with Crippen LogP contribution in [-0.4, -0.2) is 44.4 Å². The van der Waals surface area contributed by atoms with E-state index in [1.165, 1.54) is 10.9 Å². The summed E-state index contributed by atoms with van der Waals surface area (Å²) in [6, 6.07) is 14.5. The molecule has 1 saturated heterocycles. The molecule has 4 rings (SSSR count). The van der Waals surface area contributed by atoms with Crippen molar-refractivity contribution in [2.24, 2.45) is 0 Å². The molecule has 32 heavy (non-hydrogen) atoms. The minimum absolute atomic E-state index is 0.178. The maximum Gasteiger partial charge on any atom is 0.265 e. The minimum Gasteiger partial charge on any atom is -0.340 e. The van der Waals surface area contributed by atoms with Gasteiger partial charge in [0.1, 0.15) is 5.57 Å². The summed E-state index contributed by atoms with van der Waals surface area (Å²) in [6.45, 7) is 8.13. The molecule has 2 heterocycles. The second-order valence-corrected chi connectivity index (χ2v) is 8.56. The van der Waals surface area contributed by atoms with Crippen molar-refractivity contribution in [3.05, 3.63) is 53.6 Å². The molecule has 1 aliphatic rings. The van der Waals surface area contributed by atoms with Crippen LogP contribution in [0, 0.1) is 0 Å². The van der Waals surface area contributed by atoms with Gasteiger partial charge in [0.2, 0.25) is 0 Å². The first kappa shape index (κ1) is 22.2. The Morgan fingerprint density at radius 3 is 2.00 bits per heavy atom. The van der Waals surface area contributed by atoms with Crippen LogP contribution in [0.15, 0.2) is 48.0 Å². The molecule has 1 aromatic heterocycles. The first-order chi connectivity index (χ1) is 15.5. The molecule has 0 saturated carbocycles. The van der Waals surface area contributed by atoms with E-state index in [2.05, 4.69) is 41.8 Å². The van der Waals surface area contributed by atoms with E-state index in [1.807, 2.05) is 26.0 Å². The fraction of sp³-hybridized carbons (Fsp3) is 0.346. The fourth-order valence-corrected chi connectivity index (χ4v) is 4.81. The molecule has 1 aliphatic heterocycles. The van der Waals surface area contributed by atoms with Gasteiger partial charge in [0, 0.05) is 41.4 Å². The number of benzene rings is 2. The average Bonchev–Trinajstić information content (AvgIpc) is 3.11. The Balaban J connectivity index is 1.83. The van der Waals surface area contributed by atoms with Gasteiger partial charge in [0.05, 0.1) is 0 Å². The number of aryl methyl sites for hydroxylation is 1. The monoisotopic (exact) mass is 447 g/mol. The molecule has 0 unspecified atom stereocenters. The van der Waals surface area contributed by atoms with E-state index in [1.54, 1.807) is 15.9 Å². The standard InChI is InChI=1S/C26H29N3O2S/c1-4-13-27-22-10-8-7-9-19(22)20-16-18(11-12-23(20)27)17-21-24(30)28(14-5-2)26(32)29(15-6-3)25(21)31/h7-12,16-17H,4-6,13-15H2,1-3H3. The largest absolute Gasteiger partial charge is 0.340 e. The van der Waals surface area contributed by atoms with Crippen molar-refractivity contribution in [2.75, 3.05) is 13.1 Å². The third-order valence-corrected chi connectivity index (χ3v) is 6.30. The van der Waals surface area contributed by atoms with Crippen molar-refractivity contribution < 1.29 is 9.59 Å². The van der Waals surface area contributed by atoms with Crippen molar-refractivity contribution in [1.29, 1.82) is 0 Å². The first-order valence-corrected chi connectivity index (χ1v) is 11.8. The molecule has 0 radical (unpaired) electrons. The molecule has 0 atom stereocenters. The SMILES string of the molecule is CCCN1C(=O)C(=Cc2ccc3c(c2)c2ccccc2n3CCC)C(=O)N(CCC)C1=S. The molecule has 2 amide bonds. The van der Waals surface area contributed by atoms with Gasteiger partial charge < -0.3 is 4.57 Å². The molecule has 166 valence electrons. The van der Waals surface area contributed by atoms with Crippen LogP contribution in [0.25, 0.3) is 27.9 Å². The Morgan fingerprint density at radius 2 is 1.38 bits per heavy atom. The number of nitrogens with zero attached hydrogens (tertiary/aromatic N) is 3. The van der Waals surface area contributed by atoms with Gasteiger partial charge in [-0.2, -0.15) is 0 Å². The molecule has 5 nitrogen and oxygen atoms in total. The summed E-state index contributed by atoms with van der Waals surface area (Å²) in [4.78, 5) is 29.5. The van der Waals surface area contributed by atoms with Crippen molar-refractivity contribution in [3.8, 4) is 0 Å². The lowest BCUT2D eigenvalue weighted by atomic mass is 10.0. The number of para-hydroxylation sites is 1. The Labute approximate surface area is 194 Å². The van der Waals surface area contributed by atoms with Crippen molar-refractivity contribution in [2.45, 2.75) is 46.6 Å². The summed E-state index contributed by atoms with van der Waals surface area (Å²) >= 11 is 5.48. The van der Waals surface area contributed by atoms with Crippen LogP contribution < -0.4 is 0 Å².